The van der Waals surface area contributed by atoms with Gasteiger partial charge in [-0.3, -0.25) is 0 Å². The molecule has 6 heteroatoms. The van der Waals surface area contributed by atoms with E-state index in [4.69, 9.17) is 4.74 Å². The predicted molar refractivity (Wildman–Crippen MR) is 89.9 cm³/mol. The molecule has 0 amide bonds. The zero-order valence-electron chi connectivity index (χ0n) is 12.8. The lowest BCUT2D eigenvalue weighted by Gasteiger charge is -2.07. The van der Waals surface area contributed by atoms with Crippen LogP contribution in [0.1, 0.15) is 10.5 Å². The van der Waals surface area contributed by atoms with E-state index in [9.17, 15) is 4.79 Å². The molecule has 0 N–H and O–H groups in total. The largest absolute Gasteiger partial charge is 0.464 e. The maximum atomic E-state index is 11.8. The monoisotopic (exact) mass is 325 g/mol. The van der Waals surface area contributed by atoms with Crippen LogP contribution in [0.2, 0.25) is 0 Å². The molecule has 23 heavy (non-hydrogen) atoms. The molecule has 5 nitrogen and oxygen atoms in total. The highest BCUT2D eigenvalue weighted by Gasteiger charge is 2.17. The molecule has 0 radical (unpaired) electrons. The van der Waals surface area contributed by atoms with Crippen molar-refractivity contribution in [3.05, 3.63) is 60.4 Å². The molecule has 3 rings (SSSR count). The minimum Gasteiger partial charge on any atom is -0.464 e. The zero-order valence-corrected chi connectivity index (χ0v) is 13.6. The summed E-state index contributed by atoms with van der Waals surface area (Å²) in [5.74, 6) is 0.174. The number of carbonyl (C=O) groups excluding carboxylic acids is 1. The smallest absolute Gasteiger partial charge is 0.358 e. The van der Waals surface area contributed by atoms with Crippen LogP contribution in [0.3, 0.4) is 0 Å². The van der Waals surface area contributed by atoms with Gasteiger partial charge in [0.05, 0.1) is 12.8 Å². The Labute approximate surface area is 138 Å². The molecule has 3 aromatic rings. The van der Waals surface area contributed by atoms with Crippen molar-refractivity contribution in [2.24, 2.45) is 0 Å². The Morgan fingerprint density at radius 3 is 2.57 bits per heavy atom. The molecule has 2 heterocycles. The number of carbonyl (C=O) groups is 1. The summed E-state index contributed by atoms with van der Waals surface area (Å²) in [6, 6.07) is 15.3. The van der Waals surface area contributed by atoms with Crippen molar-refractivity contribution in [3.63, 3.8) is 0 Å². The van der Waals surface area contributed by atoms with Crippen molar-refractivity contribution >= 4 is 17.7 Å². The first-order valence-corrected chi connectivity index (χ1v) is 8.19. The molecule has 0 spiro atoms. The molecule has 0 aliphatic carbocycles. The van der Waals surface area contributed by atoms with Crippen LogP contribution in [0.5, 0.6) is 0 Å². The van der Waals surface area contributed by atoms with Gasteiger partial charge in [0.15, 0.2) is 11.5 Å². The van der Waals surface area contributed by atoms with Crippen LogP contribution in [0.4, 0.5) is 0 Å². The van der Waals surface area contributed by atoms with Crippen molar-refractivity contribution < 1.29 is 9.53 Å². The standard InChI is InChI=1S/C17H15N3O2S/c1-22-17(21)14-11-15(12-6-8-13(23-2)9-7-12)20(19-14)16-5-3-4-10-18-16/h3-11H,1-2H3. The fourth-order valence-corrected chi connectivity index (χ4v) is 2.61. The van der Waals surface area contributed by atoms with Gasteiger partial charge in [0.2, 0.25) is 0 Å². The summed E-state index contributed by atoms with van der Waals surface area (Å²) in [5, 5.41) is 4.34. The highest BCUT2D eigenvalue weighted by Crippen LogP contribution is 2.26. The first-order valence-electron chi connectivity index (χ1n) is 6.97. The number of ether oxygens (including phenoxy) is 1. The summed E-state index contributed by atoms with van der Waals surface area (Å²) in [6.45, 7) is 0. The minimum absolute atomic E-state index is 0.252. The number of hydrogen-bond donors (Lipinski definition) is 0. The van der Waals surface area contributed by atoms with Crippen LogP contribution >= 0.6 is 11.8 Å². The molecule has 0 unspecified atom stereocenters. The van der Waals surface area contributed by atoms with Crippen LogP contribution < -0.4 is 0 Å². The van der Waals surface area contributed by atoms with Crippen LogP contribution in [0.25, 0.3) is 17.1 Å². The van der Waals surface area contributed by atoms with E-state index in [-0.39, 0.29) is 5.69 Å². The lowest BCUT2D eigenvalue weighted by atomic mass is 10.1. The zero-order chi connectivity index (χ0) is 16.2. The number of aromatic nitrogens is 3. The third-order valence-corrected chi connectivity index (χ3v) is 4.10. The Hall–Kier alpha value is -2.60. The predicted octanol–water partition coefficient (Wildman–Crippen LogP) is 3.44. The summed E-state index contributed by atoms with van der Waals surface area (Å²) in [5.41, 5.74) is 2.00. The minimum atomic E-state index is -0.471. The summed E-state index contributed by atoms with van der Waals surface area (Å²) in [7, 11) is 1.34. The van der Waals surface area contributed by atoms with Crippen molar-refractivity contribution in [3.8, 4) is 17.1 Å². The van der Waals surface area contributed by atoms with Gasteiger partial charge in [0.1, 0.15) is 0 Å². The van der Waals surface area contributed by atoms with Crippen molar-refractivity contribution in [2.45, 2.75) is 4.90 Å². The van der Waals surface area contributed by atoms with Crippen molar-refractivity contribution in [1.82, 2.24) is 14.8 Å². The molecular weight excluding hydrogens is 310 g/mol. The van der Waals surface area contributed by atoms with Gasteiger partial charge in [-0.1, -0.05) is 18.2 Å². The fourth-order valence-electron chi connectivity index (χ4n) is 2.21. The van der Waals surface area contributed by atoms with Gasteiger partial charge >= 0.3 is 5.97 Å². The van der Waals surface area contributed by atoms with Crippen molar-refractivity contribution in [2.75, 3.05) is 13.4 Å². The third-order valence-electron chi connectivity index (χ3n) is 3.36. The van der Waals surface area contributed by atoms with E-state index in [0.29, 0.717) is 5.82 Å². The van der Waals surface area contributed by atoms with Gasteiger partial charge in [0.25, 0.3) is 0 Å². The normalized spacial score (nSPS) is 10.5. The summed E-state index contributed by atoms with van der Waals surface area (Å²) in [6.07, 6.45) is 3.72. The topological polar surface area (TPSA) is 57.0 Å². The van der Waals surface area contributed by atoms with Crippen LogP contribution in [-0.4, -0.2) is 34.1 Å². The first kappa shape index (κ1) is 15.3. The molecule has 0 atom stereocenters. The third kappa shape index (κ3) is 3.12. The van der Waals surface area contributed by atoms with E-state index < -0.39 is 5.97 Å². The molecule has 116 valence electrons. The Kier molecular flexibility index (Phi) is 4.43. The maximum Gasteiger partial charge on any atom is 0.358 e. The lowest BCUT2D eigenvalue weighted by Crippen LogP contribution is -2.05. The molecule has 0 saturated carbocycles. The van der Waals surface area contributed by atoms with Crippen LogP contribution in [-0.2, 0) is 4.74 Å². The number of nitrogens with zero attached hydrogens (tertiary/aromatic N) is 3. The molecule has 0 aliphatic heterocycles. The summed E-state index contributed by atoms with van der Waals surface area (Å²) >= 11 is 1.68. The Morgan fingerprint density at radius 1 is 1.17 bits per heavy atom. The number of benzene rings is 1. The average Bonchev–Trinajstić information content (AvgIpc) is 3.07. The lowest BCUT2D eigenvalue weighted by molar-refractivity contribution is 0.0593. The molecule has 0 fully saturated rings. The van der Waals surface area contributed by atoms with Gasteiger partial charge in [0, 0.05) is 16.7 Å². The molecular formula is C17H15N3O2S. The molecule has 0 aliphatic rings. The number of rotatable bonds is 4. The number of esters is 1. The summed E-state index contributed by atoms with van der Waals surface area (Å²) < 4.78 is 6.43. The highest BCUT2D eigenvalue weighted by molar-refractivity contribution is 7.98. The molecule has 0 saturated heterocycles. The van der Waals surface area contributed by atoms with Gasteiger partial charge in [-0.05, 0) is 36.6 Å². The molecule has 1 aromatic carbocycles. The molecule has 0 bridgehead atoms. The number of hydrogen-bond acceptors (Lipinski definition) is 5. The van der Waals surface area contributed by atoms with E-state index in [1.54, 1.807) is 28.7 Å². The number of pyridine rings is 1. The maximum absolute atomic E-state index is 11.8. The fraction of sp³-hybridized carbons (Fsp3) is 0.118. The van der Waals surface area contributed by atoms with Gasteiger partial charge < -0.3 is 4.74 Å². The number of methoxy groups -OCH3 is 1. The second-order valence-electron chi connectivity index (χ2n) is 4.73. The summed E-state index contributed by atoms with van der Waals surface area (Å²) in [4.78, 5) is 17.3. The second kappa shape index (κ2) is 6.66. The van der Waals surface area contributed by atoms with Crippen LogP contribution in [0.15, 0.2) is 59.6 Å². The molecule has 2 aromatic heterocycles. The second-order valence-corrected chi connectivity index (χ2v) is 5.61. The van der Waals surface area contributed by atoms with Gasteiger partial charge in [-0.2, -0.15) is 5.10 Å². The van der Waals surface area contributed by atoms with E-state index in [2.05, 4.69) is 10.1 Å². The Morgan fingerprint density at radius 2 is 1.96 bits per heavy atom. The Bertz CT molecular complexity index is 814. The van der Waals surface area contributed by atoms with E-state index in [1.165, 1.54) is 12.0 Å². The SMILES string of the molecule is COC(=O)c1cc(-c2ccc(SC)cc2)n(-c2ccccn2)n1. The van der Waals surface area contributed by atoms with Crippen LogP contribution in [0, 0.1) is 0 Å². The highest BCUT2D eigenvalue weighted by atomic mass is 32.2. The van der Waals surface area contributed by atoms with Gasteiger partial charge in [-0.15, -0.1) is 11.8 Å². The average molecular weight is 325 g/mol. The first-order chi connectivity index (χ1) is 11.2. The van der Waals surface area contributed by atoms with E-state index >= 15 is 0 Å². The number of thioether (sulfide) groups is 1. The Balaban J connectivity index is 2.13. The van der Waals surface area contributed by atoms with E-state index in [0.717, 1.165) is 11.3 Å². The van der Waals surface area contributed by atoms with E-state index in [1.807, 2.05) is 48.7 Å². The van der Waals surface area contributed by atoms with Gasteiger partial charge in [-0.25, -0.2) is 14.5 Å². The van der Waals surface area contributed by atoms with Crippen molar-refractivity contribution in [1.29, 1.82) is 0 Å². The quantitative estimate of drug-likeness (QED) is 0.543.